The predicted molar refractivity (Wildman–Crippen MR) is 85.8 cm³/mol. The van der Waals surface area contributed by atoms with Gasteiger partial charge in [-0.1, -0.05) is 47.1 Å². The Labute approximate surface area is 130 Å². The van der Waals surface area contributed by atoms with Crippen molar-refractivity contribution in [1.29, 1.82) is 0 Å². The number of alkyl halides is 1. The highest BCUT2D eigenvalue weighted by Crippen LogP contribution is 2.30. The summed E-state index contributed by atoms with van der Waals surface area (Å²) in [5.41, 5.74) is 0.917. The van der Waals surface area contributed by atoms with Gasteiger partial charge in [-0.05, 0) is 23.9 Å². The Bertz CT molecular complexity index is 782. The number of hydrogen-bond donors (Lipinski definition) is 0. The maximum absolute atomic E-state index is 14.0. The Morgan fingerprint density at radius 1 is 1.10 bits per heavy atom. The lowest BCUT2D eigenvalue weighted by Gasteiger charge is -2.10. The van der Waals surface area contributed by atoms with Gasteiger partial charge in [-0.15, -0.1) is 10.2 Å². The first-order chi connectivity index (χ1) is 10.3. The molecular formula is C16H15BrFN3. The van der Waals surface area contributed by atoms with Gasteiger partial charge in [0.25, 0.3) is 0 Å². The number of benzene rings is 2. The van der Waals surface area contributed by atoms with Crippen LogP contribution in [0.5, 0.6) is 0 Å². The molecule has 3 nitrogen and oxygen atoms in total. The normalized spacial score (nSPS) is 11.2. The van der Waals surface area contributed by atoms with Crippen LogP contribution in [0, 0.1) is 5.82 Å². The van der Waals surface area contributed by atoms with Gasteiger partial charge in [-0.25, -0.2) is 4.39 Å². The van der Waals surface area contributed by atoms with E-state index in [1.807, 2.05) is 18.2 Å². The van der Waals surface area contributed by atoms with Gasteiger partial charge in [-0.2, -0.15) is 0 Å². The van der Waals surface area contributed by atoms with Crippen LogP contribution in [-0.4, -0.2) is 14.8 Å². The summed E-state index contributed by atoms with van der Waals surface area (Å²) in [5, 5.41) is 10.7. The fourth-order valence-corrected chi connectivity index (χ4v) is 2.96. The molecule has 0 aliphatic rings. The first-order valence-corrected chi connectivity index (χ1v) is 8.04. The topological polar surface area (TPSA) is 30.7 Å². The van der Waals surface area contributed by atoms with Gasteiger partial charge in [0.1, 0.15) is 11.6 Å². The third kappa shape index (κ3) is 2.46. The molecule has 2 aromatic carbocycles. The van der Waals surface area contributed by atoms with E-state index in [4.69, 9.17) is 0 Å². The minimum atomic E-state index is -0.211. The van der Waals surface area contributed by atoms with Gasteiger partial charge >= 0.3 is 0 Å². The summed E-state index contributed by atoms with van der Waals surface area (Å²) in [5.74, 6) is 1.47. The van der Waals surface area contributed by atoms with E-state index in [1.165, 1.54) is 6.07 Å². The van der Waals surface area contributed by atoms with Gasteiger partial charge in [0.05, 0.1) is 5.33 Å². The third-order valence-electron chi connectivity index (χ3n) is 3.51. The molecule has 0 spiro atoms. The maximum Gasteiger partial charge on any atom is 0.164 e. The molecule has 0 atom stereocenters. The average molecular weight is 348 g/mol. The molecule has 0 fully saturated rings. The first-order valence-electron chi connectivity index (χ1n) is 6.92. The smallest absolute Gasteiger partial charge is 0.164 e. The lowest BCUT2D eigenvalue weighted by atomic mass is 10.0. The minimum Gasteiger partial charge on any atom is -0.310 e. The van der Waals surface area contributed by atoms with E-state index in [0.717, 1.165) is 35.6 Å². The molecule has 108 valence electrons. The Kier molecular flexibility index (Phi) is 4.01. The minimum absolute atomic E-state index is 0.211. The largest absolute Gasteiger partial charge is 0.310 e. The predicted octanol–water partition coefficient (Wildman–Crippen LogP) is 4.54. The van der Waals surface area contributed by atoms with Crippen molar-refractivity contribution in [2.45, 2.75) is 25.2 Å². The van der Waals surface area contributed by atoms with Crippen molar-refractivity contribution in [3.05, 3.63) is 48.0 Å². The Morgan fingerprint density at radius 2 is 1.86 bits per heavy atom. The zero-order chi connectivity index (χ0) is 14.8. The fraction of sp³-hybridized carbons (Fsp3) is 0.250. The van der Waals surface area contributed by atoms with E-state index in [1.54, 1.807) is 12.1 Å². The molecule has 0 N–H and O–H groups in total. The lowest BCUT2D eigenvalue weighted by Crippen LogP contribution is -2.04. The zero-order valence-electron chi connectivity index (χ0n) is 11.7. The van der Waals surface area contributed by atoms with Gasteiger partial charge < -0.3 is 4.57 Å². The van der Waals surface area contributed by atoms with Crippen LogP contribution in [0.2, 0.25) is 0 Å². The molecule has 0 radical (unpaired) electrons. The average Bonchev–Trinajstić information content (AvgIpc) is 2.91. The van der Waals surface area contributed by atoms with Crippen molar-refractivity contribution < 1.29 is 4.39 Å². The summed E-state index contributed by atoms with van der Waals surface area (Å²) in [7, 11) is 0. The van der Waals surface area contributed by atoms with E-state index >= 15 is 0 Å². The summed E-state index contributed by atoms with van der Waals surface area (Å²) >= 11 is 3.44. The second kappa shape index (κ2) is 5.93. The molecule has 0 saturated heterocycles. The van der Waals surface area contributed by atoms with Crippen LogP contribution in [0.15, 0.2) is 36.4 Å². The third-order valence-corrected chi connectivity index (χ3v) is 4.01. The second-order valence-corrected chi connectivity index (χ2v) is 5.43. The Morgan fingerprint density at radius 3 is 2.57 bits per heavy atom. The van der Waals surface area contributed by atoms with Crippen molar-refractivity contribution in [3.63, 3.8) is 0 Å². The Hall–Kier alpha value is -1.75. The number of halogens is 2. The van der Waals surface area contributed by atoms with E-state index in [0.29, 0.717) is 10.7 Å². The zero-order valence-corrected chi connectivity index (χ0v) is 13.3. The molecular weight excluding hydrogens is 333 g/mol. The molecule has 3 rings (SSSR count). The van der Waals surface area contributed by atoms with Crippen molar-refractivity contribution >= 4 is 26.7 Å². The number of rotatable bonds is 4. The highest BCUT2D eigenvalue weighted by molar-refractivity contribution is 9.08. The van der Waals surface area contributed by atoms with E-state index in [2.05, 4.69) is 37.6 Å². The highest BCUT2D eigenvalue weighted by atomic mass is 79.9. The van der Waals surface area contributed by atoms with Gasteiger partial charge in [0, 0.05) is 17.5 Å². The van der Waals surface area contributed by atoms with Crippen molar-refractivity contribution in [3.8, 4) is 11.4 Å². The monoisotopic (exact) mass is 347 g/mol. The molecule has 0 saturated carbocycles. The molecule has 0 bridgehead atoms. The quantitative estimate of drug-likeness (QED) is 0.648. The molecule has 1 heterocycles. The summed E-state index contributed by atoms with van der Waals surface area (Å²) in [6.07, 6.45) is 0.990. The molecule has 5 heteroatoms. The SMILES string of the molecule is CCCn1c(CBr)nnc1-c1ccc(F)c2ccccc12. The van der Waals surface area contributed by atoms with Crippen LogP contribution in [0.4, 0.5) is 4.39 Å². The molecule has 21 heavy (non-hydrogen) atoms. The van der Waals surface area contributed by atoms with Crippen LogP contribution in [0.1, 0.15) is 19.2 Å². The number of fused-ring (bicyclic) bond motifs is 1. The molecule has 0 unspecified atom stereocenters. The summed E-state index contributed by atoms with van der Waals surface area (Å²) in [6, 6.07) is 10.8. The Balaban J connectivity index is 2.26. The number of nitrogens with zero attached hydrogens (tertiary/aromatic N) is 3. The summed E-state index contributed by atoms with van der Waals surface area (Å²) in [6.45, 7) is 2.96. The number of aromatic nitrogens is 3. The van der Waals surface area contributed by atoms with Crippen LogP contribution < -0.4 is 0 Å². The van der Waals surface area contributed by atoms with Gasteiger partial charge in [0.2, 0.25) is 0 Å². The molecule has 3 aromatic rings. The molecule has 0 amide bonds. The van der Waals surface area contributed by atoms with E-state index in [-0.39, 0.29) is 5.82 Å². The number of hydrogen-bond acceptors (Lipinski definition) is 2. The van der Waals surface area contributed by atoms with Crippen LogP contribution in [0.25, 0.3) is 22.2 Å². The van der Waals surface area contributed by atoms with Gasteiger partial charge in [-0.3, -0.25) is 0 Å². The molecule has 0 aliphatic heterocycles. The van der Waals surface area contributed by atoms with Gasteiger partial charge in [0.15, 0.2) is 5.82 Å². The molecule has 1 aromatic heterocycles. The van der Waals surface area contributed by atoms with Crippen molar-refractivity contribution in [2.24, 2.45) is 0 Å². The second-order valence-electron chi connectivity index (χ2n) is 4.87. The summed E-state index contributed by atoms with van der Waals surface area (Å²) in [4.78, 5) is 0. The standard InChI is InChI=1S/C16H15BrFN3/c1-2-9-21-15(10-17)19-20-16(21)13-7-8-14(18)12-6-4-3-5-11(12)13/h3-8H,2,9-10H2,1H3. The van der Waals surface area contributed by atoms with Crippen molar-refractivity contribution in [1.82, 2.24) is 14.8 Å². The first kappa shape index (κ1) is 14.2. The summed E-state index contributed by atoms with van der Waals surface area (Å²) < 4.78 is 16.0. The lowest BCUT2D eigenvalue weighted by molar-refractivity contribution is 0.639. The van der Waals surface area contributed by atoms with Crippen molar-refractivity contribution in [2.75, 3.05) is 0 Å². The van der Waals surface area contributed by atoms with Crippen LogP contribution in [-0.2, 0) is 11.9 Å². The highest BCUT2D eigenvalue weighted by Gasteiger charge is 2.15. The van der Waals surface area contributed by atoms with E-state index in [9.17, 15) is 4.39 Å². The van der Waals surface area contributed by atoms with Crippen LogP contribution >= 0.6 is 15.9 Å². The van der Waals surface area contributed by atoms with Crippen LogP contribution in [0.3, 0.4) is 0 Å². The fourth-order valence-electron chi connectivity index (χ4n) is 2.55. The maximum atomic E-state index is 14.0. The van der Waals surface area contributed by atoms with E-state index < -0.39 is 0 Å². The molecule has 0 aliphatic carbocycles.